The normalized spacial score (nSPS) is 37.9. The third kappa shape index (κ3) is 2.46. The van der Waals surface area contributed by atoms with Crippen molar-refractivity contribution >= 4 is 0 Å². The lowest BCUT2D eigenvalue weighted by Crippen LogP contribution is -2.30. The highest BCUT2D eigenvalue weighted by molar-refractivity contribution is 4.87. The molecule has 1 heterocycles. The fourth-order valence-corrected chi connectivity index (χ4v) is 1.70. The first-order chi connectivity index (χ1) is 5.24. The van der Waals surface area contributed by atoms with E-state index in [-0.39, 0.29) is 6.10 Å². The number of nitrogens with one attached hydrogen (secondary N) is 1. The zero-order valence-corrected chi connectivity index (χ0v) is 7.51. The summed E-state index contributed by atoms with van der Waals surface area (Å²) in [5.74, 6) is 0. The van der Waals surface area contributed by atoms with E-state index >= 15 is 0 Å². The van der Waals surface area contributed by atoms with Crippen LogP contribution in [-0.2, 0) is 0 Å². The zero-order chi connectivity index (χ0) is 8.27. The molecule has 1 fully saturated rings. The molecule has 2 N–H and O–H groups in total. The SMILES string of the molecule is CCCC[C@H]1C[C@H](O)[C@@H](C)N1. The molecule has 0 aliphatic carbocycles. The van der Waals surface area contributed by atoms with Crippen molar-refractivity contribution in [2.75, 3.05) is 0 Å². The van der Waals surface area contributed by atoms with E-state index in [0.29, 0.717) is 12.1 Å². The highest BCUT2D eigenvalue weighted by Gasteiger charge is 2.27. The first kappa shape index (κ1) is 9.01. The molecule has 66 valence electrons. The van der Waals surface area contributed by atoms with Crippen molar-refractivity contribution in [2.45, 2.75) is 57.7 Å². The van der Waals surface area contributed by atoms with E-state index in [1.807, 2.05) is 0 Å². The van der Waals surface area contributed by atoms with E-state index < -0.39 is 0 Å². The van der Waals surface area contributed by atoms with Gasteiger partial charge in [0.2, 0.25) is 0 Å². The second-order valence-electron chi connectivity index (χ2n) is 3.60. The van der Waals surface area contributed by atoms with Crippen LogP contribution in [0.4, 0.5) is 0 Å². The summed E-state index contributed by atoms with van der Waals surface area (Å²) in [7, 11) is 0. The highest BCUT2D eigenvalue weighted by atomic mass is 16.3. The van der Waals surface area contributed by atoms with Gasteiger partial charge in [-0.25, -0.2) is 0 Å². The van der Waals surface area contributed by atoms with Crippen molar-refractivity contribution in [3.05, 3.63) is 0 Å². The maximum Gasteiger partial charge on any atom is 0.0705 e. The van der Waals surface area contributed by atoms with Gasteiger partial charge in [0.15, 0.2) is 0 Å². The molecule has 0 spiro atoms. The summed E-state index contributed by atoms with van der Waals surface area (Å²) in [5, 5.41) is 12.8. The lowest BCUT2D eigenvalue weighted by atomic mass is 10.1. The molecule has 1 rings (SSSR count). The van der Waals surface area contributed by atoms with Crippen molar-refractivity contribution in [1.82, 2.24) is 5.32 Å². The van der Waals surface area contributed by atoms with Crippen LogP contribution >= 0.6 is 0 Å². The second-order valence-corrected chi connectivity index (χ2v) is 3.60. The van der Waals surface area contributed by atoms with Crippen LogP contribution in [0.25, 0.3) is 0 Å². The van der Waals surface area contributed by atoms with E-state index in [1.54, 1.807) is 0 Å². The molecule has 0 unspecified atom stereocenters. The molecule has 0 aromatic rings. The van der Waals surface area contributed by atoms with E-state index in [0.717, 1.165) is 6.42 Å². The number of aliphatic hydroxyl groups excluding tert-OH is 1. The first-order valence-corrected chi connectivity index (χ1v) is 4.68. The summed E-state index contributed by atoms with van der Waals surface area (Å²) in [6.45, 7) is 4.26. The van der Waals surface area contributed by atoms with E-state index in [9.17, 15) is 5.11 Å². The van der Waals surface area contributed by atoms with Crippen LogP contribution < -0.4 is 5.32 Å². The molecule has 3 atom stereocenters. The maximum absolute atomic E-state index is 9.40. The third-order valence-electron chi connectivity index (χ3n) is 2.51. The Hall–Kier alpha value is -0.0800. The van der Waals surface area contributed by atoms with Crippen molar-refractivity contribution in [1.29, 1.82) is 0 Å². The van der Waals surface area contributed by atoms with Gasteiger partial charge in [-0.3, -0.25) is 0 Å². The number of hydrogen-bond donors (Lipinski definition) is 2. The number of hydrogen-bond acceptors (Lipinski definition) is 2. The molecule has 1 saturated heterocycles. The van der Waals surface area contributed by atoms with Crippen LogP contribution in [0.2, 0.25) is 0 Å². The Kier molecular flexibility index (Phi) is 3.34. The summed E-state index contributed by atoms with van der Waals surface area (Å²) in [6, 6.07) is 0.872. The molecule has 0 aromatic carbocycles. The number of rotatable bonds is 3. The lowest BCUT2D eigenvalue weighted by molar-refractivity contribution is 0.164. The first-order valence-electron chi connectivity index (χ1n) is 4.68. The number of unbranched alkanes of at least 4 members (excludes halogenated alkanes) is 1. The van der Waals surface area contributed by atoms with Crippen molar-refractivity contribution in [3.63, 3.8) is 0 Å². The van der Waals surface area contributed by atoms with Crippen LogP contribution in [0.3, 0.4) is 0 Å². The summed E-state index contributed by atoms with van der Waals surface area (Å²) in [6.07, 6.45) is 4.58. The van der Waals surface area contributed by atoms with Gasteiger partial charge < -0.3 is 10.4 Å². The molecule has 0 aromatic heterocycles. The Morgan fingerprint density at radius 1 is 1.55 bits per heavy atom. The van der Waals surface area contributed by atoms with Crippen molar-refractivity contribution in [3.8, 4) is 0 Å². The summed E-state index contributed by atoms with van der Waals surface area (Å²) < 4.78 is 0. The molecule has 0 amide bonds. The molecule has 1 aliphatic rings. The van der Waals surface area contributed by atoms with E-state index in [2.05, 4.69) is 19.2 Å². The zero-order valence-electron chi connectivity index (χ0n) is 7.51. The average Bonchev–Trinajstić information content (AvgIpc) is 2.28. The predicted molar refractivity (Wildman–Crippen MR) is 46.5 cm³/mol. The third-order valence-corrected chi connectivity index (χ3v) is 2.51. The fraction of sp³-hybridized carbons (Fsp3) is 1.00. The Balaban J connectivity index is 2.18. The second kappa shape index (κ2) is 4.07. The minimum atomic E-state index is -0.114. The van der Waals surface area contributed by atoms with Crippen LogP contribution in [0.1, 0.15) is 39.5 Å². The average molecular weight is 157 g/mol. The lowest BCUT2D eigenvalue weighted by Gasteiger charge is -2.09. The molecule has 2 heteroatoms. The van der Waals surface area contributed by atoms with Gasteiger partial charge in [-0.15, -0.1) is 0 Å². The molecule has 2 nitrogen and oxygen atoms in total. The summed E-state index contributed by atoms with van der Waals surface area (Å²) in [5.41, 5.74) is 0. The number of aliphatic hydroxyl groups is 1. The Bertz CT molecular complexity index is 106. The monoisotopic (exact) mass is 157 g/mol. The van der Waals surface area contributed by atoms with Gasteiger partial charge in [0.1, 0.15) is 0 Å². The predicted octanol–water partition coefficient (Wildman–Crippen LogP) is 1.29. The molecule has 0 radical (unpaired) electrons. The minimum Gasteiger partial charge on any atom is -0.391 e. The standard InChI is InChI=1S/C9H19NO/c1-3-4-5-8-6-9(11)7(2)10-8/h7-11H,3-6H2,1-2H3/t7-,8+,9+/m1/s1. The quantitative estimate of drug-likeness (QED) is 0.647. The van der Waals surface area contributed by atoms with Crippen LogP contribution in [0.15, 0.2) is 0 Å². The van der Waals surface area contributed by atoms with Gasteiger partial charge in [-0.05, 0) is 19.8 Å². The molecule has 0 saturated carbocycles. The van der Waals surface area contributed by atoms with Gasteiger partial charge in [0.05, 0.1) is 6.10 Å². The van der Waals surface area contributed by atoms with Gasteiger partial charge in [-0.2, -0.15) is 0 Å². The smallest absolute Gasteiger partial charge is 0.0705 e. The molecule has 0 bridgehead atoms. The Morgan fingerprint density at radius 3 is 2.73 bits per heavy atom. The minimum absolute atomic E-state index is 0.114. The van der Waals surface area contributed by atoms with Gasteiger partial charge in [0, 0.05) is 12.1 Å². The largest absolute Gasteiger partial charge is 0.391 e. The molecule has 11 heavy (non-hydrogen) atoms. The maximum atomic E-state index is 9.40. The topological polar surface area (TPSA) is 32.3 Å². The van der Waals surface area contributed by atoms with Crippen molar-refractivity contribution in [2.24, 2.45) is 0 Å². The van der Waals surface area contributed by atoms with E-state index in [1.165, 1.54) is 19.3 Å². The molecule has 1 aliphatic heterocycles. The van der Waals surface area contributed by atoms with Gasteiger partial charge in [-0.1, -0.05) is 19.8 Å². The fourth-order valence-electron chi connectivity index (χ4n) is 1.70. The highest BCUT2D eigenvalue weighted by Crippen LogP contribution is 2.17. The van der Waals surface area contributed by atoms with E-state index in [4.69, 9.17) is 0 Å². The van der Waals surface area contributed by atoms with Crippen LogP contribution in [-0.4, -0.2) is 23.3 Å². The molecular formula is C9H19NO. The molecular weight excluding hydrogens is 138 g/mol. The Morgan fingerprint density at radius 2 is 2.27 bits per heavy atom. The Labute approximate surface area is 69.0 Å². The van der Waals surface area contributed by atoms with Crippen molar-refractivity contribution < 1.29 is 5.11 Å². The van der Waals surface area contributed by atoms with Gasteiger partial charge in [0.25, 0.3) is 0 Å². The summed E-state index contributed by atoms with van der Waals surface area (Å²) >= 11 is 0. The van der Waals surface area contributed by atoms with Gasteiger partial charge >= 0.3 is 0 Å². The van der Waals surface area contributed by atoms with Crippen LogP contribution in [0.5, 0.6) is 0 Å². The summed E-state index contributed by atoms with van der Waals surface area (Å²) in [4.78, 5) is 0. The van der Waals surface area contributed by atoms with Crippen LogP contribution in [0, 0.1) is 0 Å².